The fourth-order valence-corrected chi connectivity index (χ4v) is 3.49. The number of hydrogen-bond donors (Lipinski definition) is 2. The van der Waals surface area contributed by atoms with Gasteiger partial charge >= 0.3 is 12.0 Å². The normalized spacial score (nSPS) is 25.1. The molecule has 22 heavy (non-hydrogen) atoms. The maximum absolute atomic E-state index is 12.3. The van der Waals surface area contributed by atoms with Gasteiger partial charge in [0.25, 0.3) is 0 Å². The van der Waals surface area contributed by atoms with Crippen molar-refractivity contribution in [1.82, 2.24) is 4.90 Å². The lowest BCUT2D eigenvalue weighted by atomic mass is 9.82. The first-order chi connectivity index (χ1) is 10.6. The highest BCUT2D eigenvalue weighted by Crippen LogP contribution is 2.30. The molecule has 5 nitrogen and oxygen atoms in total. The third-order valence-corrected chi connectivity index (χ3v) is 4.87. The summed E-state index contributed by atoms with van der Waals surface area (Å²) in [6, 6.07) is 7.88. The smallest absolute Gasteiger partial charge is 0.321 e. The lowest BCUT2D eigenvalue weighted by Crippen LogP contribution is -2.39. The number of anilines is 1. The number of carbonyl (C=O) groups is 2. The Hall–Kier alpha value is -2.04. The summed E-state index contributed by atoms with van der Waals surface area (Å²) < 4.78 is 0. The van der Waals surface area contributed by atoms with Crippen LogP contribution in [0, 0.1) is 11.8 Å². The van der Waals surface area contributed by atoms with Crippen LogP contribution in [-0.4, -0.2) is 35.1 Å². The minimum atomic E-state index is -0.679. The van der Waals surface area contributed by atoms with Crippen LogP contribution in [0.3, 0.4) is 0 Å². The number of benzene rings is 1. The van der Waals surface area contributed by atoms with Crippen LogP contribution in [0.2, 0.25) is 0 Å². The Morgan fingerprint density at radius 1 is 1.23 bits per heavy atom. The Bertz CT molecular complexity index is 565. The summed E-state index contributed by atoms with van der Waals surface area (Å²) in [6.45, 7) is 1.45. The van der Waals surface area contributed by atoms with Gasteiger partial charge in [-0.1, -0.05) is 18.2 Å². The largest absolute Gasteiger partial charge is 0.481 e. The second kappa shape index (κ2) is 6.38. The van der Waals surface area contributed by atoms with Gasteiger partial charge in [-0.3, -0.25) is 4.79 Å². The van der Waals surface area contributed by atoms with Gasteiger partial charge in [0.15, 0.2) is 0 Å². The zero-order valence-corrected chi connectivity index (χ0v) is 12.6. The molecule has 1 aromatic carbocycles. The number of carbonyl (C=O) groups excluding carboxylic acids is 1. The van der Waals surface area contributed by atoms with Crippen LogP contribution < -0.4 is 5.32 Å². The molecular formula is C17H22N2O3. The molecule has 0 bridgehead atoms. The fraction of sp³-hybridized carbons (Fsp3) is 0.529. The predicted octanol–water partition coefficient (Wildman–Crippen LogP) is 2.97. The molecule has 3 rings (SSSR count). The number of hydrogen-bond acceptors (Lipinski definition) is 2. The number of urea groups is 1. The van der Waals surface area contributed by atoms with Crippen molar-refractivity contribution in [1.29, 1.82) is 0 Å². The highest BCUT2D eigenvalue weighted by molar-refractivity contribution is 5.91. The van der Waals surface area contributed by atoms with E-state index in [9.17, 15) is 9.59 Å². The molecule has 2 aliphatic rings. The summed E-state index contributed by atoms with van der Waals surface area (Å²) in [5, 5.41) is 12.0. The number of carboxylic acid groups (broad SMARTS) is 1. The van der Waals surface area contributed by atoms with Crippen LogP contribution in [0.1, 0.15) is 31.2 Å². The predicted molar refractivity (Wildman–Crippen MR) is 83.8 cm³/mol. The van der Waals surface area contributed by atoms with Crippen molar-refractivity contribution in [3.8, 4) is 0 Å². The average molecular weight is 302 g/mol. The van der Waals surface area contributed by atoms with Crippen LogP contribution in [0.4, 0.5) is 10.5 Å². The van der Waals surface area contributed by atoms with Gasteiger partial charge < -0.3 is 15.3 Å². The average Bonchev–Trinajstić information content (AvgIpc) is 2.67. The van der Waals surface area contributed by atoms with Crippen molar-refractivity contribution >= 4 is 17.7 Å². The Morgan fingerprint density at radius 3 is 2.68 bits per heavy atom. The van der Waals surface area contributed by atoms with Gasteiger partial charge in [0.1, 0.15) is 0 Å². The number of nitrogens with one attached hydrogen (secondary N) is 1. The number of aliphatic carboxylic acids is 1. The maximum Gasteiger partial charge on any atom is 0.321 e. The van der Waals surface area contributed by atoms with Crippen molar-refractivity contribution in [2.24, 2.45) is 11.8 Å². The van der Waals surface area contributed by atoms with E-state index in [1.165, 1.54) is 5.56 Å². The van der Waals surface area contributed by atoms with Crippen LogP contribution in [0.15, 0.2) is 24.3 Å². The molecule has 2 N–H and O–H groups in total. The molecule has 118 valence electrons. The Labute approximate surface area is 130 Å². The molecule has 2 amide bonds. The fourth-order valence-electron chi connectivity index (χ4n) is 3.49. The van der Waals surface area contributed by atoms with Gasteiger partial charge in [-0.25, -0.2) is 4.79 Å². The Kier molecular flexibility index (Phi) is 4.32. The van der Waals surface area contributed by atoms with Crippen molar-refractivity contribution in [2.45, 2.75) is 32.1 Å². The zero-order valence-electron chi connectivity index (χ0n) is 12.6. The van der Waals surface area contributed by atoms with Crippen molar-refractivity contribution in [2.75, 3.05) is 18.4 Å². The van der Waals surface area contributed by atoms with Gasteiger partial charge in [0, 0.05) is 18.8 Å². The molecule has 1 fully saturated rings. The van der Waals surface area contributed by atoms with E-state index in [-0.39, 0.29) is 11.9 Å². The third-order valence-electron chi connectivity index (χ3n) is 4.87. The SMILES string of the molecule is O=C(O)C1CCC(CN2CCc3ccccc3NC2=O)CC1. The van der Waals surface area contributed by atoms with E-state index in [0.717, 1.165) is 50.9 Å². The summed E-state index contributed by atoms with van der Waals surface area (Å²) in [6.07, 6.45) is 4.12. The van der Waals surface area contributed by atoms with Crippen LogP contribution in [0.5, 0.6) is 0 Å². The standard InChI is InChI=1S/C17H22N2O3/c20-16(21)14-7-5-12(6-8-14)11-19-10-9-13-3-1-2-4-15(13)18-17(19)22/h1-4,12,14H,5-11H2,(H,18,22)(H,20,21). The van der Waals surface area contributed by atoms with Crippen LogP contribution in [0.25, 0.3) is 0 Å². The van der Waals surface area contributed by atoms with Gasteiger partial charge in [0.2, 0.25) is 0 Å². The summed E-state index contributed by atoms with van der Waals surface area (Å²) >= 11 is 0. The number of para-hydroxylation sites is 1. The maximum atomic E-state index is 12.3. The molecule has 1 aliphatic heterocycles. The molecule has 0 saturated heterocycles. The van der Waals surface area contributed by atoms with Crippen LogP contribution >= 0.6 is 0 Å². The lowest BCUT2D eigenvalue weighted by molar-refractivity contribution is -0.143. The molecular weight excluding hydrogens is 280 g/mol. The number of fused-ring (bicyclic) bond motifs is 1. The van der Waals surface area contributed by atoms with E-state index >= 15 is 0 Å². The van der Waals surface area contributed by atoms with E-state index < -0.39 is 5.97 Å². The highest BCUT2D eigenvalue weighted by Gasteiger charge is 2.29. The molecule has 1 aromatic rings. The molecule has 0 spiro atoms. The molecule has 0 radical (unpaired) electrons. The van der Waals surface area contributed by atoms with Gasteiger partial charge in [-0.15, -0.1) is 0 Å². The molecule has 0 atom stereocenters. The van der Waals surface area contributed by atoms with Crippen LogP contribution in [-0.2, 0) is 11.2 Å². The Balaban J connectivity index is 1.58. The Morgan fingerprint density at radius 2 is 1.95 bits per heavy atom. The number of amides is 2. The third kappa shape index (κ3) is 3.24. The van der Waals surface area contributed by atoms with E-state index in [2.05, 4.69) is 11.4 Å². The highest BCUT2D eigenvalue weighted by atomic mass is 16.4. The topological polar surface area (TPSA) is 69.6 Å². The van der Waals surface area contributed by atoms with Gasteiger partial charge in [-0.05, 0) is 49.7 Å². The minimum absolute atomic E-state index is 0.0368. The summed E-state index contributed by atoms with van der Waals surface area (Å²) in [4.78, 5) is 25.2. The van der Waals surface area contributed by atoms with E-state index in [1.54, 1.807) is 0 Å². The zero-order chi connectivity index (χ0) is 15.5. The first-order valence-electron chi connectivity index (χ1n) is 8.00. The van der Waals surface area contributed by atoms with E-state index in [1.807, 2.05) is 23.1 Å². The molecule has 5 heteroatoms. The first-order valence-corrected chi connectivity index (χ1v) is 8.00. The second-order valence-corrected chi connectivity index (χ2v) is 6.34. The summed E-state index contributed by atoms with van der Waals surface area (Å²) in [7, 11) is 0. The molecule has 0 aromatic heterocycles. The van der Waals surface area contributed by atoms with E-state index in [0.29, 0.717) is 5.92 Å². The minimum Gasteiger partial charge on any atom is -0.481 e. The molecule has 0 unspecified atom stereocenters. The van der Waals surface area contributed by atoms with Gasteiger partial charge in [0.05, 0.1) is 5.92 Å². The first kappa shape index (κ1) is 14.9. The van der Waals surface area contributed by atoms with E-state index in [4.69, 9.17) is 5.11 Å². The number of nitrogens with zero attached hydrogens (tertiary/aromatic N) is 1. The van der Waals surface area contributed by atoms with Crippen molar-refractivity contribution < 1.29 is 14.7 Å². The summed E-state index contributed by atoms with van der Waals surface area (Å²) in [5.41, 5.74) is 2.08. The summed E-state index contributed by atoms with van der Waals surface area (Å²) in [5.74, 6) is -0.456. The number of carboxylic acids is 1. The van der Waals surface area contributed by atoms with Crippen molar-refractivity contribution in [3.05, 3.63) is 29.8 Å². The molecule has 1 saturated carbocycles. The lowest BCUT2D eigenvalue weighted by Gasteiger charge is -2.30. The number of rotatable bonds is 3. The van der Waals surface area contributed by atoms with Crippen molar-refractivity contribution in [3.63, 3.8) is 0 Å². The molecule has 1 aliphatic carbocycles. The monoisotopic (exact) mass is 302 g/mol. The second-order valence-electron chi connectivity index (χ2n) is 6.34. The molecule has 1 heterocycles. The quantitative estimate of drug-likeness (QED) is 0.902. The van der Waals surface area contributed by atoms with Gasteiger partial charge in [-0.2, -0.15) is 0 Å².